The molecule has 1 amide bonds. The van der Waals surface area contributed by atoms with Crippen LogP contribution in [0, 0.1) is 17.5 Å². The van der Waals surface area contributed by atoms with E-state index in [9.17, 15) is 27.9 Å². The van der Waals surface area contributed by atoms with Gasteiger partial charge in [0.05, 0.1) is 6.42 Å². The molecule has 2 rings (SSSR count). The Morgan fingerprint density at radius 1 is 0.958 bits per heavy atom. The zero-order valence-corrected chi connectivity index (χ0v) is 12.4. The van der Waals surface area contributed by atoms with Crippen LogP contribution in [0.1, 0.15) is 11.1 Å². The van der Waals surface area contributed by atoms with Gasteiger partial charge in [-0.05, 0) is 35.4 Å². The van der Waals surface area contributed by atoms with Crippen LogP contribution in [-0.4, -0.2) is 23.0 Å². The second-order valence-electron chi connectivity index (χ2n) is 5.25. The van der Waals surface area contributed by atoms with Crippen molar-refractivity contribution < 1.29 is 27.9 Å². The largest absolute Gasteiger partial charge is 0.480 e. The average Bonchev–Trinajstić information content (AvgIpc) is 2.45. The summed E-state index contributed by atoms with van der Waals surface area (Å²) in [4.78, 5) is 23.2. The molecule has 0 unspecified atom stereocenters. The van der Waals surface area contributed by atoms with Crippen LogP contribution in [0.15, 0.2) is 42.5 Å². The van der Waals surface area contributed by atoms with Gasteiger partial charge in [-0.2, -0.15) is 0 Å². The van der Waals surface area contributed by atoms with E-state index in [4.69, 9.17) is 0 Å². The van der Waals surface area contributed by atoms with Gasteiger partial charge in [0.1, 0.15) is 23.5 Å². The Morgan fingerprint density at radius 2 is 1.58 bits per heavy atom. The van der Waals surface area contributed by atoms with Gasteiger partial charge in [-0.15, -0.1) is 0 Å². The highest BCUT2D eigenvalue weighted by Crippen LogP contribution is 2.10. The molecule has 0 heterocycles. The summed E-state index contributed by atoms with van der Waals surface area (Å²) in [5.74, 6) is -4.17. The van der Waals surface area contributed by atoms with Crippen LogP contribution >= 0.6 is 0 Å². The van der Waals surface area contributed by atoms with Crippen LogP contribution in [0.2, 0.25) is 0 Å². The molecular formula is C17H14F3NO3. The number of carboxylic acids is 1. The fourth-order valence-corrected chi connectivity index (χ4v) is 2.24. The molecule has 0 aromatic heterocycles. The highest BCUT2D eigenvalue weighted by molar-refractivity contribution is 5.85. The molecule has 0 aliphatic heterocycles. The van der Waals surface area contributed by atoms with Crippen molar-refractivity contribution in [1.29, 1.82) is 0 Å². The summed E-state index contributed by atoms with van der Waals surface area (Å²) in [7, 11) is 0. The lowest BCUT2D eigenvalue weighted by Gasteiger charge is -2.15. The number of aliphatic carboxylic acids is 1. The zero-order chi connectivity index (χ0) is 17.7. The number of rotatable bonds is 6. The third-order valence-corrected chi connectivity index (χ3v) is 3.25. The van der Waals surface area contributed by atoms with Crippen molar-refractivity contribution >= 4 is 11.9 Å². The minimum absolute atomic E-state index is 0.0832. The molecule has 0 radical (unpaired) electrons. The zero-order valence-electron chi connectivity index (χ0n) is 12.4. The lowest BCUT2D eigenvalue weighted by Crippen LogP contribution is -2.43. The van der Waals surface area contributed by atoms with Crippen LogP contribution in [0.3, 0.4) is 0 Å². The Balaban J connectivity index is 2.04. The number of benzene rings is 2. The molecule has 1 atom stereocenters. The van der Waals surface area contributed by atoms with Gasteiger partial charge in [0.2, 0.25) is 5.91 Å². The maximum Gasteiger partial charge on any atom is 0.326 e. The molecule has 0 fully saturated rings. The number of amides is 1. The van der Waals surface area contributed by atoms with Crippen LogP contribution in [-0.2, 0) is 22.4 Å². The predicted octanol–water partition coefficient (Wildman–Crippen LogP) is 2.46. The highest BCUT2D eigenvalue weighted by atomic mass is 19.1. The molecule has 2 N–H and O–H groups in total. The minimum Gasteiger partial charge on any atom is -0.480 e. The highest BCUT2D eigenvalue weighted by Gasteiger charge is 2.21. The molecule has 0 saturated carbocycles. The molecule has 2 aromatic carbocycles. The minimum atomic E-state index is -1.29. The number of carboxylic acid groups (broad SMARTS) is 1. The third kappa shape index (κ3) is 5.12. The topological polar surface area (TPSA) is 66.4 Å². The van der Waals surface area contributed by atoms with Gasteiger partial charge in [-0.3, -0.25) is 4.79 Å². The van der Waals surface area contributed by atoms with Crippen molar-refractivity contribution in [3.8, 4) is 0 Å². The molecule has 4 nitrogen and oxygen atoms in total. The first-order valence-electron chi connectivity index (χ1n) is 7.05. The van der Waals surface area contributed by atoms with Gasteiger partial charge in [-0.25, -0.2) is 18.0 Å². The van der Waals surface area contributed by atoms with Gasteiger partial charge >= 0.3 is 5.97 Å². The molecule has 0 bridgehead atoms. The Kier molecular flexibility index (Phi) is 5.57. The normalized spacial score (nSPS) is 11.8. The smallest absolute Gasteiger partial charge is 0.326 e. The van der Waals surface area contributed by atoms with E-state index in [1.165, 1.54) is 24.3 Å². The third-order valence-electron chi connectivity index (χ3n) is 3.25. The molecule has 0 saturated heterocycles. The molecule has 126 valence electrons. The van der Waals surface area contributed by atoms with E-state index in [-0.39, 0.29) is 18.4 Å². The lowest BCUT2D eigenvalue weighted by atomic mass is 10.1. The van der Waals surface area contributed by atoms with E-state index in [0.29, 0.717) is 11.6 Å². The summed E-state index contributed by atoms with van der Waals surface area (Å²) < 4.78 is 39.3. The van der Waals surface area contributed by atoms with E-state index in [0.717, 1.165) is 12.1 Å². The van der Waals surface area contributed by atoms with Crippen molar-refractivity contribution in [3.05, 3.63) is 71.0 Å². The van der Waals surface area contributed by atoms with E-state index in [1.54, 1.807) is 0 Å². The number of carbonyl (C=O) groups is 2. The Labute approximate surface area is 135 Å². The van der Waals surface area contributed by atoms with Gasteiger partial charge < -0.3 is 10.4 Å². The summed E-state index contributed by atoms with van der Waals surface area (Å²) in [6.07, 6.45) is -0.488. The van der Waals surface area contributed by atoms with Crippen molar-refractivity contribution in [3.63, 3.8) is 0 Å². The number of hydrogen-bond acceptors (Lipinski definition) is 2. The first-order valence-corrected chi connectivity index (χ1v) is 7.05. The fourth-order valence-electron chi connectivity index (χ4n) is 2.24. The van der Waals surface area contributed by atoms with Crippen LogP contribution in [0.25, 0.3) is 0 Å². The van der Waals surface area contributed by atoms with Crippen molar-refractivity contribution in [2.24, 2.45) is 0 Å². The summed E-state index contributed by atoms with van der Waals surface area (Å²) >= 11 is 0. The van der Waals surface area contributed by atoms with Crippen LogP contribution in [0.5, 0.6) is 0 Å². The Morgan fingerprint density at radius 3 is 2.17 bits per heavy atom. The lowest BCUT2D eigenvalue weighted by molar-refractivity contribution is -0.141. The fraction of sp³-hybridized carbons (Fsp3) is 0.176. The number of nitrogens with one attached hydrogen (secondary N) is 1. The first kappa shape index (κ1) is 17.5. The summed E-state index contributed by atoms with van der Waals surface area (Å²) in [5, 5.41) is 11.4. The molecule has 0 spiro atoms. The average molecular weight is 337 g/mol. The maximum absolute atomic E-state index is 13.1. The van der Waals surface area contributed by atoms with Gasteiger partial charge in [0.25, 0.3) is 0 Å². The van der Waals surface area contributed by atoms with E-state index >= 15 is 0 Å². The Bertz CT molecular complexity index is 744. The SMILES string of the molecule is O=C(Cc1cc(F)cc(F)c1)N[C@H](Cc1cccc(F)c1)C(=O)O. The monoisotopic (exact) mass is 337 g/mol. The van der Waals surface area contributed by atoms with E-state index < -0.39 is 35.4 Å². The molecule has 24 heavy (non-hydrogen) atoms. The molecule has 7 heteroatoms. The van der Waals surface area contributed by atoms with Crippen LogP contribution in [0.4, 0.5) is 13.2 Å². The summed E-state index contributed by atoms with van der Waals surface area (Å²) in [6, 6.07) is 6.73. The van der Waals surface area contributed by atoms with E-state index in [1.807, 2.05) is 0 Å². The van der Waals surface area contributed by atoms with Crippen molar-refractivity contribution in [2.75, 3.05) is 0 Å². The summed E-state index contributed by atoms with van der Waals surface area (Å²) in [6.45, 7) is 0. The van der Waals surface area contributed by atoms with Gasteiger partial charge in [0, 0.05) is 12.5 Å². The predicted molar refractivity (Wildman–Crippen MR) is 79.7 cm³/mol. The van der Waals surface area contributed by atoms with E-state index in [2.05, 4.69) is 5.32 Å². The maximum atomic E-state index is 13.1. The Hall–Kier alpha value is -2.83. The van der Waals surface area contributed by atoms with Gasteiger partial charge in [0.15, 0.2) is 0 Å². The number of halogens is 3. The quantitative estimate of drug-likeness (QED) is 0.851. The second-order valence-corrected chi connectivity index (χ2v) is 5.25. The van der Waals surface area contributed by atoms with Gasteiger partial charge in [-0.1, -0.05) is 12.1 Å². The molecular weight excluding hydrogens is 323 g/mol. The second kappa shape index (κ2) is 7.63. The standard InChI is InChI=1S/C17H14F3NO3/c18-12-3-1-2-10(4-12)7-15(17(23)24)21-16(22)8-11-5-13(19)9-14(20)6-11/h1-6,9,15H,7-8H2,(H,21,22)(H,23,24)/t15-/m1/s1. The summed E-state index contributed by atoms with van der Waals surface area (Å²) in [5.41, 5.74) is 0.486. The van der Waals surface area contributed by atoms with Crippen LogP contribution < -0.4 is 5.32 Å². The molecule has 0 aliphatic rings. The van der Waals surface area contributed by atoms with Crippen molar-refractivity contribution in [1.82, 2.24) is 5.32 Å². The molecule has 2 aromatic rings. The molecule has 0 aliphatic carbocycles. The number of carbonyl (C=O) groups excluding carboxylic acids is 1. The first-order chi connectivity index (χ1) is 11.3. The van der Waals surface area contributed by atoms with Crippen molar-refractivity contribution in [2.45, 2.75) is 18.9 Å². The number of hydrogen-bond donors (Lipinski definition) is 2.